The van der Waals surface area contributed by atoms with Crippen LogP contribution in [0.15, 0.2) is 12.1 Å². The molecule has 0 atom stereocenters. The summed E-state index contributed by atoms with van der Waals surface area (Å²) in [6, 6.07) is 3.67. The fraction of sp³-hybridized carbons (Fsp3) is 0.588. The van der Waals surface area contributed by atoms with Gasteiger partial charge >= 0.3 is 5.97 Å². The van der Waals surface area contributed by atoms with E-state index in [1.165, 1.54) is 0 Å². The van der Waals surface area contributed by atoms with Gasteiger partial charge in [0.25, 0.3) is 0 Å². The number of hydrogen-bond acceptors (Lipinski definition) is 5. The van der Waals surface area contributed by atoms with E-state index in [2.05, 4.69) is 24.5 Å². The Balaban J connectivity index is 2.36. The van der Waals surface area contributed by atoms with E-state index in [1.54, 1.807) is 13.0 Å². The molecule has 2 rings (SSSR count). The van der Waals surface area contributed by atoms with Crippen molar-refractivity contribution < 1.29 is 19.1 Å². The lowest BCUT2D eigenvalue weighted by Crippen LogP contribution is -2.25. The van der Waals surface area contributed by atoms with Crippen molar-refractivity contribution in [1.82, 2.24) is 0 Å². The Kier molecular flexibility index (Phi) is 5.70. The normalized spacial score (nSPS) is 15.0. The van der Waals surface area contributed by atoms with Gasteiger partial charge in [0.2, 0.25) is 0 Å². The van der Waals surface area contributed by atoms with Gasteiger partial charge in [0, 0.05) is 24.3 Å². The van der Waals surface area contributed by atoms with Crippen LogP contribution in [0.4, 0.5) is 5.69 Å². The number of carbonyl (C=O) groups is 1. The highest BCUT2D eigenvalue weighted by Gasteiger charge is 2.23. The number of hydrogen-bond donors (Lipinski definition) is 1. The Labute approximate surface area is 139 Å². The number of esters is 1. The topological polar surface area (TPSA) is 59.0 Å². The summed E-state index contributed by atoms with van der Waals surface area (Å²) in [5.41, 5.74) is 1.84. The largest absolute Gasteiger partial charge is 0.507 e. The monoisotopic (exact) mass is 337 g/mol. The third-order valence-corrected chi connectivity index (χ3v) is 4.81. The van der Waals surface area contributed by atoms with Crippen molar-refractivity contribution in [1.29, 1.82) is 0 Å². The van der Waals surface area contributed by atoms with Crippen molar-refractivity contribution in [2.24, 2.45) is 0 Å². The van der Waals surface area contributed by atoms with E-state index in [-0.39, 0.29) is 17.9 Å². The summed E-state index contributed by atoms with van der Waals surface area (Å²) in [5.74, 6) is -0.509. The van der Waals surface area contributed by atoms with Gasteiger partial charge < -0.3 is 19.2 Å². The lowest BCUT2D eigenvalue weighted by Gasteiger charge is -2.22. The second-order valence-electron chi connectivity index (χ2n) is 6.82. The van der Waals surface area contributed by atoms with E-state index in [1.807, 2.05) is 6.07 Å². The van der Waals surface area contributed by atoms with Crippen molar-refractivity contribution in [2.45, 2.75) is 46.0 Å². The summed E-state index contributed by atoms with van der Waals surface area (Å²) in [5, 5.41) is 10.5. The number of anilines is 1. The Bertz CT molecular complexity index is 562. The number of rotatable bonds is 6. The maximum atomic E-state index is 12.2. The van der Waals surface area contributed by atoms with Crippen LogP contribution >= 0.6 is 0 Å². The molecule has 23 heavy (non-hydrogen) atoms. The Hall–Kier alpha value is -1.53. The lowest BCUT2D eigenvalue weighted by atomic mass is 10.1. The van der Waals surface area contributed by atoms with Crippen LogP contribution < -0.4 is 4.90 Å². The Morgan fingerprint density at radius 1 is 1.26 bits per heavy atom. The Morgan fingerprint density at radius 2 is 1.91 bits per heavy atom. The average molecular weight is 337 g/mol. The smallest absolute Gasteiger partial charge is 0.341 e. The van der Waals surface area contributed by atoms with E-state index < -0.39 is 14.3 Å². The third kappa shape index (κ3) is 4.72. The van der Waals surface area contributed by atoms with Gasteiger partial charge in [-0.15, -0.1) is 0 Å². The Morgan fingerprint density at radius 3 is 2.48 bits per heavy atom. The van der Waals surface area contributed by atoms with Crippen LogP contribution in [0.2, 0.25) is 19.6 Å². The molecule has 1 aromatic rings. The first-order valence-corrected chi connectivity index (χ1v) is 11.6. The highest BCUT2D eigenvalue weighted by molar-refractivity contribution is 6.69. The van der Waals surface area contributed by atoms with Gasteiger partial charge in [0.05, 0.1) is 13.2 Å². The van der Waals surface area contributed by atoms with Crippen LogP contribution in [-0.2, 0) is 15.8 Å². The minimum atomic E-state index is -1.71. The fourth-order valence-corrected chi connectivity index (χ4v) is 3.19. The molecule has 1 aromatic carbocycles. The molecule has 1 aliphatic rings. The van der Waals surface area contributed by atoms with Crippen molar-refractivity contribution in [3.8, 4) is 5.75 Å². The summed E-state index contributed by atoms with van der Waals surface area (Å²) in [6.45, 7) is 10.6. The van der Waals surface area contributed by atoms with Gasteiger partial charge in [-0.1, -0.05) is 0 Å². The second kappa shape index (κ2) is 7.36. The highest BCUT2D eigenvalue weighted by Crippen LogP contribution is 2.32. The molecule has 0 bridgehead atoms. The number of benzene rings is 1. The van der Waals surface area contributed by atoms with Gasteiger partial charge in [-0.2, -0.15) is 0 Å². The van der Waals surface area contributed by atoms with E-state index in [4.69, 9.17) is 9.16 Å². The van der Waals surface area contributed by atoms with Crippen LogP contribution in [-0.4, -0.2) is 39.1 Å². The number of phenols is 1. The minimum absolute atomic E-state index is 0.0235. The van der Waals surface area contributed by atoms with E-state index in [0.717, 1.165) is 31.6 Å². The standard InChI is InChI=1S/C17H27NO4Si/c1-5-21-17(20)15-11-14(18-8-6-7-9-18)10-13(16(15)19)12-22-23(2,3)4/h10-11,19H,5-9,12H2,1-4H3. The van der Waals surface area contributed by atoms with Gasteiger partial charge in [-0.05, 0) is 51.5 Å². The molecule has 1 heterocycles. The summed E-state index contributed by atoms with van der Waals surface area (Å²) in [7, 11) is -1.71. The molecule has 1 N–H and O–H groups in total. The molecule has 0 amide bonds. The summed E-state index contributed by atoms with van der Waals surface area (Å²) >= 11 is 0. The third-order valence-electron chi connectivity index (χ3n) is 3.80. The van der Waals surface area contributed by atoms with Crippen LogP contribution in [0, 0.1) is 0 Å². The number of ether oxygens (including phenoxy) is 1. The number of aromatic hydroxyl groups is 1. The van der Waals surface area contributed by atoms with Crippen LogP contribution in [0.5, 0.6) is 5.75 Å². The lowest BCUT2D eigenvalue weighted by molar-refractivity contribution is 0.0522. The van der Waals surface area contributed by atoms with Gasteiger partial charge in [0.1, 0.15) is 11.3 Å². The number of carbonyl (C=O) groups excluding carboxylic acids is 1. The van der Waals surface area contributed by atoms with Crippen molar-refractivity contribution in [3.05, 3.63) is 23.3 Å². The van der Waals surface area contributed by atoms with E-state index >= 15 is 0 Å². The predicted molar refractivity (Wildman–Crippen MR) is 93.6 cm³/mol. The van der Waals surface area contributed by atoms with E-state index in [9.17, 15) is 9.90 Å². The van der Waals surface area contributed by atoms with Crippen molar-refractivity contribution >= 4 is 20.0 Å². The molecule has 1 fully saturated rings. The number of nitrogens with zero attached hydrogens (tertiary/aromatic N) is 1. The molecule has 5 nitrogen and oxygen atoms in total. The molecule has 1 aliphatic heterocycles. The van der Waals surface area contributed by atoms with Crippen molar-refractivity contribution in [2.75, 3.05) is 24.6 Å². The molecule has 0 radical (unpaired) electrons. The zero-order valence-corrected chi connectivity index (χ0v) is 15.5. The SMILES string of the molecule is CCOC(=O)c1cc(N2CCCC2)cc(CO[Si](C)(C)C)c1O. The molecule has 0 aromatic heterocycles. The molecule has 6 heteroatoms. The average Bonchev–Trinajstić information content (AvgIpc) is 2.99. The van der Waals surface area contributed by atoms with Crippen LogP contribution in [0.3, 0.4) is 0 Å². The molecule has 0 aliphatic carbocycles. The first-order chi connectivity index (χ1) is 10.8. The quantitative estimate of drug-likeness (QED) is 0.636. The predicted octanol–water partition coefficient (Wildman–Crippen LogP) is 3.52. The maximum Gasteiger partial charge on any atom is 0.341 e. The zero-order valence-electron chi connectivity index (χ0n) is 14.5. The first-order valence-electron chi connectivity index (χ1n) is 8.23. The molecular formula is C17H27NO4Si. The highest BCUT2D eigenvalue weighted by atomic mass is 28.4. The van der Waals surface area contributed by atoms with Crippen LogP contribution in [0.25, 0.3) is 0 Å². The molecular weight excluding hydrogens is 310 g/mol. The first kappa shape index (κ1) is 17.8. The number of phenolic OH excluding ortho intramolecular Hbond substituents is 1. The molecule has 0 saturated carbocycles. The second-order valence-corrected chi connectivity index (χ2v) is 11.3. The zero-order chi connectivity index (χ0) is 17.0. The van der Waals surface area contributed by atoms with Crippen LogP contribution in [0.1, 0.15) is 35.7 Å². The summed E-state index contributed by atoms with van der Waals surface area (Å²) in [6.07, 6.45) is 2.30. The maximum absolute atomic E-state index is 12.2. The molecule has 1 saturated heterocycles. The van der Waals surface area contributed by atoms with Gasteiger partial charge in [-0.25, -0.2) is 4.79 Å². The molecule has 0 spiro atoms. The summed E-state index contributed by atoms with van der Waals surface area (Å²) < 4.78 is 11.0. The van der Waals surface area contributed by atoms with E-state index in [0.29, 0.717) is 12.2 Å². The minimum Gasteiger partial charge on any atom is -0.507 e. The molecule has 0 unspecified atom stereocenters. The van der Waals surface area contributed by atoms with Gasteiger partial charge in [0.15, 0.2) is 8.32 Å². The summed E-state index contributed by atoms with van der Waals surface area (Å²) in [4.78, 5) is 14.4. The fourth-order valence-electron chi connectivity index (χ4n) is 2.60. The van der Waals surface area contributed by atoms with Gasteiger partial charge in [-0.3, -0.25) is 0 Å². The molecule has 128 valence electrons. The van der Waals surface area contributed by atoms with Crippen molar-refractivity contribution in [3.63, 3.8) is 0 Å².